The lowest BCUT2D eigenvalue weighted by atomic mass is 10.1. The lowest BCUT2D eigenvalue weighted by molar-refractivity contribution is 0.556. The van der Waals surface area contributed by atoms with E-state index < -0.39 is 0 Å². The zero-order valence-electron chi connectivity index (χ0n) is 15.2. The van der Waals surface area contributed by atoms with E-state index >= 15 is 0 Å². The highest BCUT2D eigenvalue weighted by atomic mass is 32.1. The van der Waals surface area contributed by atoms with Crippen molar-refractivity contribution in [3.63, 3.8) is 0 Å². The molecule has 0 amide bonds. The Bertz CT molecular complexity index is 575. The Morgan fingerprint density at radius 3 is 1.96 bits per heavy atom. The fraction of sp³-hybridized carbons (Fsp3) is 0.647. The lowest BCUT2D eigenvalue weighted by Crippen LogP contribution is -2.40. The maximum atomic E-state index is 5.21. The van der Waals surface area contributed by atoms with Crippen LogP contribution in [0.15, 0.2) is 12.7 Å². The van der Waals surface area contributed by atoms with Crippen LogP contribution in [0.5, 0.6) is 0 Å². The van der Waals surface area contributed by atoms with Gasteiger partial charge in [0.2, 0.25) is 17.8 Å². The van der Waals surface area contributed by atoms with E-state index in [0.29, 0.717) is 17.6 Å². The molecule has 9 heteroatoms. The van der Waals surface area contributed by atoms with E-state index in [0.717, 1.165) is 38.1 Å². The molecule has 1 aromatic heterocycles. The number of hydrazine groups is 1. The van der Waals surface area contributed by atoms with Crippen LogP contribution >= 0.6 is 12.2 Å². The van der Waals surface area contributed by atoms with Gasteiger partial charge in [0.15, 0.2) is 5.11 Å². The third-order valence-electron chi connectivity index (χ3n) is 4.58. The normalized spacial score (nSPS) is 17.5. The molecule has 3 heterocycles. The Morgan fingerprint density at radius 2 is 1.46 bits per heavy atom. The second kappa shape index (κ2) is 9.51. The molecule has 1 aromatic rings. The smallest absolute Gasteiger partial charge is 0.248 e. The molecule has 2 aliphatic heterocycles. The van der Waals surface area contributed by atoms with E-state index in [2.05, 4.69) is 42.5 Å². The molecular weight excluding hydrogens is 348 g/mol. The molecule has 8 nitrogen and oxygen atoms in total. The van der Waals surface area contributed by atoms with E-state index in [1.165, 1.54) is 38.5 Å². The Kier molecular flexibility index (Phi) is 6.82. The molecule has 0 spiro atoms. The van der Waals surface area contributed by atoms with Gasteiger partial charge in [0.1, 0.15) is 0 Å². The summed E-state index contributed by atoms with van der Waals surface area (Å²) in [5.41, 5.74) is 5.94. The van der Waals surface area contributed by atoms with Gasteiger partial charge >= 0.3 is 0 Å². The zero-order chi connectivity index (χ0) is 18.2. The Morgan fingerprint density at radius 1 is 0.923 bits per heavy atom. The highest BCUT2D eigenvalue weighted by Crippen LogP contribution is 2.22. The summed E-state index contributed by atoms with van der Waals surface area (Å²) in [6, 6.07) is 0. The number of thiocarbonyl (C=S) groups is 1. The third kappa shape index (κ3) is 5.17. The number of hydrogen-bond donors (Lipinski definition) is 3. The minimum atomic E-state index is 0.476. The molecule has 0 atom stereocenters. The van der Waals surface area contributed by atoms with E-state index in [1.54, 1.807) is 6.08 Å². The maximum Gasteiger partial charge on any atom is 0.248 e. The van der Waals surface area contributed by atoms with Crippen molar-refractivity contribution in [2.75, 3.05) is 47.9 Å². The van der Waals surface area contributed by atoms with Crippen molar-refractivity contribution in [2.45, 2.75) is 38.5 Å². The third-order valence-corrected chi connectivity index (χ3v) is 4.83. The number of hydrogen-bond acceptors (Lipinski definition) is 7. The highest BCUT2D eigenvalue weighted by Gasteiger charge is 2.20. The summed E-state index contributed by atoms with van der Waals surface area (Å²) in [6.45, 7) is 8.25. The number of nitrogens with one attached hydrogen (secondary N) is 3. The van der Waals surface area contributed by atoms with Crippen molar-refractivity contribution in [3.8, 4) is 0 Å². The molecule has 3 rings (SSSR count). The summed E-state index contributed by atoms with van der Waals surface area (Å²) in [6.07, 6.45) is 9.03. The minimum Gasteiger partial charge on any atom is -0.358 e. The largest absolute Gasteiger partial charge is 0.358 e. The molecule has 0 aliphatic carbocycles. The van der Waals surface area contributed by atoms with Crippen LogP contribution in [0.2, 0.25) is 0 Å². The standard InChI is InChI=1S/C17H28N8S/c1-2-9-18-17(26)23-22-14-19-15(24-10-5-3-6-11-24)21-16(20-14)25-12-7-4-8-13-25/h2H,1,3-13H2,(H2,18,23,26)(H,19,20,21,22). The first-order valence-corrected chi connectivity index (χ1v) is 9.84. The van der Waals surface area contributed by atoms with Gasteiger partial charge in [0.05, 0.1) is 0 Å². The maximum absolute atomic E-state index is 5.21. The van der Waals surface area contributed by atoms with Gasteiger partial charge < -0.3 is 15.1 Å². The molecule has 142 valence electrons. The summed E-state index contributed by atoms with van der Waals surface area (Å²) < 4.78 is 0. The van der Waals surface area contributed by atoms with Gasteiger partial charge in [0.25, 0.3) is 0 Å². The van der Waals surface area contributed by atoms with Crippen molar-refractivity contribution < 1.29 is 0 Å². The van der Waals surface area contributed by atoms with Crippen molar-refractivity contribution in [3.05, 3.63) is 12.7 Å². The van der Waals surface area contributed by atoms with Crippen molar-refractivity contribution in [1.82, 2.24) is 25.7 Å². The minimum absolute atomic E-state index is 0.476. The zero-order valence-corrected chi connectivity index (χ0v) is 16.0. The summed E-state index contributed by atoms with van der Waals surface area (Å²) in [5, 5.41) is 3.48. The van der Waals surface area contributed by atoms with Crippen molar-refractivity contribution >= 4 is 35.2 Å². The van der Waals surface area contributed by atoms with Gasteiger partial charge in [-0.05, 0) is 50.7 Å². The lowest BCUT2D eigenvalue weighted by Gasteiger charge is -2.30. The van der Waals surface area contributed by atoms with Gasteiger partial charge in [-0.15, -0.1) is 6.58 Å². The monoisotopic (exact) mass is 376 g/mol. The Balaban J connectivity index is 1.75. The van der Waals surface area contributed by atoms with Gasteiger partial charge in [-0.3, -0.25) is 10.9 Å². The Labute approximate surface area is 160 Å². The summed E-state index contributed by atoms with van der Waals surface area (Å²) >= 11 is 5.21. The molecular formula is C17H28N8S. The van der Waals surface area contributed by atoms with Crippen LogP contribution in [0.3, 0.4) is 0 Å². The molecule has 3 N–H and O–H groups in total. The fourth-order valence-electron chi connectivity index (χ4n) is 3.20. The molecule has 0 aromatic carbocycles. The number of piperidine rings is 2. The molecule has 2 saturated heterocycles. The molecule has 2 fully saturated rings. The van der Waals surface area contributed by atoms with Crippen LogP contribution < -0.4 is 26.0 Å². The van der Waals surface area contributed by atoms with Crippen LogP contribution in [-0.2, 0) is 0 Å². The van der Waals surface area contributed by atoms with Crippen molar-refractivity contribution in [2.24, 2.45) is 0 Å². The van der Waals surface area contributed by atoms with Crippen LogP contribution in [-0.4, -0.2) is 52.8 Å². The second-order valence-corrected chi connectivity index (χ2v) is 7.01. The molecule has 0 saturated carbocycles. The first-order valence-electron chi connectivity index (χ1n) is 9.43. The molecule has 0 bridgehead atoms. The fourth-order valence-corrected chi connectivity index (χ4v) is 3.34. The van der Waals surface area contributed by atoms with E-state index in [1.807, 2.05) is 0 Å². The molecule has 0 unspecified atom stereocenters. The van der Waals surface area contributed by atoms with E-state index in [9.17, 15) is 0 Å². The molecule has 26 heavy (non-hydrogen) atoms. The van der Waals surface area contributed by atoms with Gasteiger partial charge in [-0.2, -0.15) is 15.0 Å². The van der Waals surface area contributed by atoms with E-state index in [4.69, 9.17) is 17.2 Å². The number of rotatable bonds is 6. The predicted molar refractivity (Wildman–Crippen MR) is 110 cm³/mol. The number of anilines is 3. The molecule has 0 radical (unpaired) electrons. The predicted octanol–water partition coefficient (Wildman–Crippen LogP) is 1.83. The topological polar surface area (TPSA) is 81.2 Å². The average Bonchev–Trinajstić information content (AvgIpc) is 2.72. The summed E-state index contributed by atoms with van der Waals surface area (Å²) in [7, 11) is 0. The number of nitrogens with zero attached hydrogens (tertiary/aromatic N) is 5. The van der Waals surface area contributed by atoms with Gasteiger partial charge in [-0.1, -0.05) is 6.08 Å². The average molecular weight is 377 g/mol. The SMILES string of the molecule is C=CCNC(=S)NNc1nc(N2CCCCC2)nc(N2CCCCC2)n1. The quantitative estimate of drug-likeness (QED) is 0.391. The van der Waals surface area contributed by atoms with E-state index in [-0.39, 0.29) is 0 Å². The van der Waals surface area contributed by atoms with Crippen LogP contribution in [0.25, 0.3) is 0 Å². The molecule has 2 aliphatic rings. The Hall–Kier alpha value is -2.16. The van der Waals surface area contributed by atoms with Crippen molar-refractivity contribution in [1.29, 1.82) is 0 Å². The van der Waals surface area contributed by atoms with Crippen LogP contribution in [0, 0.1) is 0 Å². The van der Waals surface area contributed by atoms with Crippen LogP contribution in [0.4, 0.5) is 17.8 Å². The summed E-state index contributed by atoms with van der Waals surface area (Å²) in [5.74, 6) is 1.98. The second-order valence-electron chi connectivity index (χ2n) is 6.60. The first kappa shape index (κ1) is 18.6. The first-order chi connectivity index (χ1) is 12.8. The van der Waals surface area contributed by atoms with Crippen LogP contribution in [0.1, 0.15) is 38.5 Å². The van der Waals surface area contributed by atoms with Gasteiger partial charge in [-0.25, -0.2) is 0 Å². The number of aromatic nitrogens is 3. The summed E-state index contributed by atoms with van der Waals surface area (Å²) in [4.78, 5) is 18.5. The highest BCUT2D eigenvalue weighted by molar-refractivity contribution is 7.80. The van der Waals surface area contributed by atoms with Gasteiger partial charge in [0, 0.05) is 32.7 Å².